The lowest BCUT2D eigenvalue weighted by molar-refractivity contribution is 1.46. The van der Waals surface area contributed by atoms with Gasteiger partial charge in [0.2, 0.25) is 0 Å². The van der Waals surface area contributed by atoms with E-state index >= 15 is 0 Å². The lowest BCUT2D eigenvalue weighted by Gasteiger charge is -2.07. The summed E-state index contributed by atoms with van der Waals surface area (Å²) in [4.78, 5) is 0. The summed E-state index contributed by atoms with van der Waals surface area (Å²) in [6, 6.07) is 11.3. The summed E-state index contributed by atoms with van der Waals surface area (Å²) in [6.45, 7) is 1.97. The van der Waals surface area contributed by atoms with Crippen LogP contribution in [0, 0.1) is 6.92 Å². The van der Waals surface area contributed by atoms with Crippen molar-refractivity contribution in [3.63, 3.8) is 0 Å². The van der Waals surface area contributed by atoms with Gasteiger partial charge in [0.1, 0.15) is 0 Å². The Kier molecular flexibility index (Phi) is 3.44. The second kappa shape index (κ2) is 4.67. The maximum absolute atomic E-state index is 6.25. The van der Waals surface area contributed by atoms with Gasteiger partial charge < -0.3 is 0 Å². The average Bonchev–Trinajstić information content (AvgIpc) is 2.20. The van der Waals surface area contributed by atoms with Gasteiger partial charge in [-0.2, -0.15) is 0 Å². The third-order valence-electron chi connectivity index (χ3n) is 2.37. The maximum Gasteiger partial charge on any atom is 0.0513 e. The van der Waals surface area contributed by atoms with Gasteiger partial charge in [-0.1, -0.05) is 53.0 Å². The number of hydrogen-bond acceptors (Lipinski definition) is 0. The van der Waals surface area contributed by atoms with Crippen molar-refractivity contribution in [2.45, 2.75) is 6.92 Å². The zero-order valence-corrected chi connectivity index (χ0v) is 10.9. The molecule has 0 aliphatic heterocycles. The molecule has 82 valence electrons. The summed E-state index contributed by atoms with van der Waals surface area (Å²) >= 11 is 18.2. The standard InChI is InChI=1S/C13H9Cl3/c1-8-3-2-4-12(13(8)16)9-5-10(14)7-11(15)6-9/h2-7H,1H3. The molecule has 0 unspecified atom stereocenters. The van der Waals surface area contributed by atoms with Crippen molar-refractivity contribution in [2.24, 2.45) is 0 Å². The topological polar surface area (TPSA) is 0 Å². The molecule has 16 heavy (non-hydrogen) atoms. The first kappa shape index (κ1) is 11.8. The molecule has 0 atom stereocenters. The van der Waals surface area contributed by atoms with Gasteiger partial charge in [-0.15, -0.1) is 0 Å². The Morgan fingerprint density at radius 1 is 0.875 bits per heavy atom. The van der Waals surface area contributed by atoms with E-state index in [1.54, 1.807) is 6.07 Å². The molecule has 0 saturated carbocycles. The van der Waals surface area contributed by atoms with Gasteiger partial charge in [0, 0.05) is 15.6 Å². The molecule has 3 heteroatoms. The fourth-order valence-electron chi connectivity index (χ4n) is 1.58. The minimum absolute atomic E-state index is 0.611. The van der Waals surface area contributed by atoms with Crippen LogP contribution in [0.1, 0.15) is 5.56 Å². The lowest BCUT2D eigenvalue weighted by Crippen LogP contribution is -1.83. The normalized spacial score (nSPS) is 10.5. The minimum atomic E-state index is 0.611. The molecule has 0 amide bonds. The first-order valence-electron chi connectivity index (χ1n) is 4.79. The average molecular weight is 272 g/mol. The lowest BCUT2D eigenvalue weighted by atomic mass is 10.0. The molecule has 0 nitrogen and oxygen atoms in total. The molecule has 0 saturated heterocycles. The molecule has 0 spiro atoms. The van der Waals surface area contributed by atoms with Crippen LogP contribution in [0.5, 0.6) is 0 Å². The highest BCUT2D eigenvalue weighted by Gasteiger charge is 2.07. The molecule has 0 bridgehead atoms. The van der Waals surface area contributed by atoms with Gasteiger partial charge in [0.05, 0.1) is 5.02 Å². The Morgan fingerprint density at radius 2 is 1.50 bits per heavy atom. The fourth-order valence-corrected chi connectivity index (χ4v) is 2.34. The molecular formula is C13H9Cl3. The molecule has 2 aromatic rings. The molecule has 0 heterocycles. The SMILES string of the molecule is Cc1cccc(-c2cc(Cl)cc(Cl)c2)c1Cl. The Bertz CT molecular complexity index is 512. The van der Waals surface area contributed by atoms with E-state index in [1.807, 2.05) is 37.3 Å². The van der Waals surface area contributed by atoms with Crippen molar-refractivity contribution >= 4 is 34.8 Å². The van der Waals surface area contributed by atoms with Crippen molar-refractivity contribution in [1.29, 1.82) is 0 Å². The van der Waals surface area contributed by atoms with Crippen LogP contribution in [0.15, 0.2) is 36.4 Å². The van der Waals surface area contributed by atoms with Crippen molar-refractivity contribution < 1.29 is 0 Å². The van der Waals surface area contributed by atoms with Crippen molar-refractivity contribution in [2.75, 3.05) is 0 Å². The highest BCUT2D eigenvalue weighted by atomic mass is 35.5. The quantitative estimate of drug-likeness (QED) is 0.631. The van der Waals surface area contributed by atoms with Crippen LogP contribution in [-0.2, 0) is 0 Å². The molecule has 0 aliphatic carbocycles. The Labute approximate surface area is 110 Å². The predicted octanol–water partition coefficient (Wildman–Crippen LogP) is 5.62. The summed E-state index contributed by atoms with van der Waals surface area (Å²) in [5.41, 5.74) is 2.92. The van der Waals surface area contributed by atoms with Crippen molar-refractivity contribution in [3.05, 3.63) is 57.0 Å². The Balaban J connectivity index is 2.63. The Hall–Kier alpha value is -0.690. The van der Waals surface area contributed by atoms with Gasteiger partial charge in [0.15, 0.2) is 0 Å². The van der Waals surface area contributed by atoms with E-state index in [2.05, 4.69) is 0 Å². The number of benzene rings is 2. The largest absolute Gasteiger partial charge is 0.0843 e. The summed E-state index contributed by atoms with van der Waals surface area (Å²) in [7, 11) is 0. The monoisotopic (exact) mass is 270 g/mol. The molecule has 0 aromatic heterocycles. The first-order chi connectivity index (χ1) is 7.58. The summed E-state index contributed by atoms with van der Waals surface area (Å²) < 4.78 is 0. The molecule has 0 N–H and O–H groups in total. The molecule has 0 radical (unpaired) electrons. The summed E-state index contributed by atoms with van der Waals surface area (Å²) in [5, 5.41) is 1.96. The number of aryl methyl sites for hydroxylation is 1. The van der Waals surface area contributed by atoms with E-state index in [0.717, 1.165) is 21.7 Å². The van der Waals surface area contributed by atoms with Gasteiger partial charge in [-0.05, 0) is 36.2 Å². The van der Waals surface area contributed by atoms with E-state index < -0.39 is 0 Å². The molecule has 2 rings (SSSR count). The first-order valence-corrected chi connectivity index (χ1v) is 5.93. The maximum atomic E-state index is 6.25. The summed E-state index contributed by atoms with van der Waals surface area (Å²) in [5.74, 6) is 0. The highest BCUT2D eigenvalue weighted by Crippen LogP contribution is 2.33. The fraction of sp³-hybridized carbons (Fsp3) is 0.0769. The van der Waals surface area contributed by atoms with Crippen LogP contribution in [0.2, 0.25) is 15.1 Å². The van der Waals surface area contributed by atoms with Crippen LogP contribution in [-0.4, -0.2) is 0 Å². The zero-order chi connectivity index (χ0) is 11.7. The molecule has 0 fully saturated rings. The van der Waals surface area contributed by atoms with Crippen LogP contribution >= 0.6 is 34.8 Å². The van der Waals surface area contributed by atoms with Gasteiger partial charge in [-0.25, -0.2) is 0 Å². The third kappa shape index (κ3) is 2.35. The zero-order valence-electron chi connectivity index (χ0n) is 8.60. The van der Waals surface area contributed by atoms with E-state index in [-0.39, 0.29) is 0 Å². The van der Waals surface area contributed by atoms with Crippen LogP contribution < -0.4 is 0 Å². The van der Waals surface area contributed by atoms with Crippen LogP contribution in [0.25, 0.3) is 11.1 Å². The highest BCUT2D eigenvalue weighted by molar-refractivity contribution is 6.36. The third-order valence-corrected chi connectivity index (χ3v) is 3.30. The van der Waals surface area contributed by atoms with E-state index in [1.165, 1.54) is 0 Å². The molecule has 0 aliphatic rings. The van der Waals surface area contributed by atoms with Gasteiger partial charge in [0.25, 0.3) is 0 Å². The Morgan fingerprint density at radius 3 is 2.12 bits per heavy atom. The minimum Gasteiger partial charge on any atom is -0.0843 e. The second-order valence-electron chi connectivity index (χ2n) is 3.59. The predicted molar refractivity (Wildman–Crippen MR) is 71.6 cm³/mol. The van der Waals surface area contributed by atoms with Crippen molar-refractivity contribution in [3.8, 4) is 11.1 Å². The molecular weight excluding hydrogens is 263 g/mol. The second-order valence-corrected chi connectivity index (χ2v) is 4.85. The van der Waals surface area contributed by atoms with Gasteiger partial charge >= 0.3 is 0 Å². The number of halogens is 3. The van der Waals surface area contributed by atoms with E-state index in [4.69, 9.17) is 34.8 Å². The number of hydrogen-bond donors (Lipinski definition) is 0. The molecule has 2 aromatic carbocycles. The number of rotatable bonds is 1. The van der Waals surface area contributed by atoms with Crippen LogP contribution in [0.4, 0.5) is 0 Å². The van der Waals surface area contributed by atoms with Crippen LogP contribution in [0.3, 0.4) is 0 Å². The van der Waals surface area contributed by atoms with E-state index in [9.17, 15) is 0 Å². The smallest absolute Gasteiger partial charge is 0.0513 e. The summed E-state index contributed by atoms with van der Waals surface area (Å²) in [6.07, 6.45) is 0. The van der Waals surface area contributed by atoms with Gasteiger partial charge in [-0.3, -0.25) is 0 Å². The van der Waals surface area contributed by atoms with Crippen molar-refractivity contribution in [1.82, 2.24) is 0 Å². The van der Waals surface area contributed by atoms with E-state index in [0.29, 0.717) is 10.0 Å².